The second-order valence-electron chi connectivity index (χ2n) is 2.06. The summed E-state index contributed by atoms with van der Waals surface area (Å²) >= 11 is 6.39. The van der Waals surface area contributed by atoms with Crippen molar-refractivity contribution in [2.45, 2.75) is 6.10 Å². The molecule has 0 bridgehead atoms. The fraction of sp³-hybridized carbons (Fsp3) is 0.286. The number of hydrogen-bond donors (Lipinski definition) is 1. The Kier molecular flexibility index (Phi) is 3.48. The molecule has 0 radical (unpaired) electrons. The number of aromatic nitrogens is 1. The van der Waals surface area contributed by atoms with Gasteiger partial charge in [0.05, 0.1) is 5.69 Å². The second-order valence-corrected chi connectivity index (χ2v) is 3.52. The lowest BCUT2D eigenvalue weighted by molar-refractivity contribution is 0.200. The Labute approximate surface area is 81.9 Å². The molecule has 2 nitrogen and oxygen atoms in total. The van der Waals surface area contributed by atoms with Gasteiger partial charge >= 0.3 is 0 Å². The minimum atomic E-state index is -0.521. The molecule has 1 N–H and O–H groups in total. The molecule has 0 aromatic carbocycles. The van der Waals surface area contributed by atoms with Gasteiger partial charge in [0.1, 0.15) is 10.7 Å². The van der Waals surface area contributed by atoms with E-state index in [9.17, 15) is 5.11 Å². The first-order chi connectivity index (χ1) is 5.24. The van der Waals surface area contributed by atoms with E-state index in [0.29, 0.717) is 11.0 Å². The van der Waals surface area contributed by atoms with Crippen LogP contribution in [0.15, 0.2) is 22.8 Å². The highest BCUT2D eigenvalue weighted by Crippen LogP contribution is 2.14. The minimum absolute atomic E-state index is 0.510. The van der Waals surface area contributed by atoms with Crippen LogP contribution in [0, 0.1) is 0 Å². The van der Waals surface area contributed by atoms with Crippen molar-refractivity contribution in [1.29, 1.82) is 0 Å². The van der Waals surface area contributed by atoms with Crippen LogP contribution in [-0.2, 0) is 0 Å². The van der Waals surface area contributed by atoms with Crippen LogP contribution in [0.3, 0.4) is 0 Å². The molecule has 0 fully saturated rings. The summed E-state index contributed by atoms with van der Waals surface area (Å²) in [6, 6.07) is 5.46. The van der Waals surface area contributed by atoms with Gasteiger partial charge in [-0.25, -0.2) is 4.98 Å². The normalized spacial score (nSPS) is 13.0. The number of alkyl halides is 1. The van der Waals surface area contributed by atoms with Gasteiger partial charge in [0, 0.05) is 5.33 Å². The summed E-state index contributed by atoms with van der Waals surface area (Å²) in [6.07, 6.45) is -0.521. The average Bonchev–Trinajstić information content (AvgIpc) is 2.03. The molecule has 1 aromatic rings. The standard InChI is InChI=1S/C7H7Br2NO/c8-4-6(11)5-2-1-3-7(9)10-5/h1-3,6,11H,4H2. The van der Waals surface area contributed by atoms with Crippen molar-refractivity contribution in [3.8, 4) is 0 Å². The molecule has 0 aliphatic rings. The van der Waals surface area contributed by atoms with E-state index < -0.39 is 6.10 Å². The molecule has 0 aliphatic heterocycles. The maximum atomic E-state index is 9.32. The van der Waals surface area contributed by atoms with Crippen LogP contribution in [0.4, 0.5) is 0 Å². The number of halogens is 2. The molecule has 0 amide bonds. The van der Waals surface area contributed by atoms with Gasteiger partial charge in [-0.3, -0.25) is 0 Å². The summed E-state index contributed by atoms with van der Waals surface area (Å²) in [5.41, 5.74) is 0.677. The minimum Gasteiger partial charge on any atom is -0.386 e. The molecular weight excluding hydrogens is 274 g/mol. The van der Waals surface area contributed by atoms with Crippen molar-refractivity contribution in [2.75, 3.05) is 5.33 Å². The summed E-state index contributed by atoms with van der Waals surface area (Å²) in [5, 5.41) is 9.83. The number of nitrogens with zero attached hydrogens (tertiary/aromatic N) is 1. The average molecular weight is 281 g/mol. The largest absolute Gasteiger partial charge is 0.386 e. The molecule has 1 heterocycles. The summed E-state index contributed by atoms with van der Waals surface area (Å²) in [7, 11) is 0. The lowest BCUT2D eigenvalue weighted by atomic mass is 10.2. The first kappa shape index (κ1) is 9.16. The van der Waals surface area contributed by atoms with Crippen LogP contribution in [-0.4, -0.2) is 15.4 Å². The fourth-order valence-electron chi connectivity index (χ4n) is 0.689. The van der Waals surface area contributed by atoms with Crippen molar-refractivity contribution in [1.82, 2.24) is 4.98 Å². The van der Waals surface area contributed by atoms with Gasteiger partial charge in [0.25, 0.3) is 0 Å². The molecule has 60 valence electrons. The van der Waals surface area contributed by atoms with E-state index in [1.807, 2.05) is 12.1 Å². The number of aliphatic hydroxyl groups is 1. The summed E-state index contributed by atoms with van der Waals surface area (Å²) in [4.78, 5) is 4.08. The van der Waals surface area contributed by atoms with Gasteiger partial charge in [-0.05, 0) is 28.1 Å². The van der Waals surface area contributed by atoms with E-state index in [4.69, 9.17) is 0 Å². The summed E-state index contributed by atoms with van der Waals surface area (Å²) in [5.74, 6) is 0. The Morgan fingerprint density at radius 2 is 2.27 bits per heavy atom. The lowest BCUT2D eigenvalue weighted by Crippen LogP contribution is -2.00. The predicted molar refractivity (Wildman–Crippen MR) is 50.7 cm³/mol. The van der Waals surface area contributed by atoms with Gasteiger partial charge in [-0.15, -0.1) is 0 Å². The molecule has 1 rings (SSSR count). The maximum Gasteiger partial charge on any atom is 0.106 e. The van der Waals surface area contributed by atoms with Crippen LogP contribution in [0.5, 0.6) is 0 Å². The zero-order valence-electron chi connectivity index (χ0n) is 5.67. The summed E-state index contributed by atoms with van der Waals surface area (Å²) in [6.45, 7) is 0. The highest BCUT2D eigenvalue weighted by Gasteiger charge is 2.05. The highest BCUT2D eigenvalue weighted by molar-refractivity contribution is 9.10. The number of hydrogen-bond acceptors (Lipinski definition) is 2. The van der Waals surface area contributed by atoms with E-state index in [1.54, 1.807) is 6.07 Å². The van der Waals surface area contributed by atoms with Crippen molar-refractivity contribution < 1.29 is 5.11 Å². The van der Waals surface area contributed by atoms with Crippen molar-refractivity contribution >= 4 is 31.9 Å². The number of aliphatic hydroxyl groups excluding tert-OH is 1. The van der Waals surface area contributed by atoms with Crippen LogP contribution < -0.4 is 0 Å². The monoisotopic (exact) mass is 279 g/mol. The molecule has 0 aliphatic carbocycles. The Morgan fingerprint density at radius 3 is 2.82 bits per heavy atom. The second kappa shape index (κ2) is 4.18. The number of rotatable bonds is 2. The van der Waals surface area contributed by atoms with E-state index in [2.05, 4.69) is 36.8 Å². The van der Waals surface area contributed by atoms with Gasteiger partial charge in [-0.1, -0.05) is 22.0 Å². The van der Waals surface area contributed by atoms with Gasteiger partial charge in [-0.2, -0.15) is 0 Å². The Morgan fingerprint density at radius 1 is 1.55 bits per heavy atom. The molecule has 11 heavy (non-hydrogen) atoms. The van der Waals surface area contributed by atoms with Gasteiger partial charge in [0.2, 0.25) is 0 Å². The van der Waals surface area contributed by atoms with Crippen LogP contribution in [0.1, 0.15) is 11.8 Å². The molecule has 1 aromatic heterocycles. The van der Waals surface area contributed by atoms with Gasteiger partial charge < -0.3 is 5.11 Å². The zero-order valence-corrected chi connectivity index (χ0v) is 8.84. The van der Waals surface area contributed by atoms with Crippen molar-refractivity contribution in [2.24, 2.45) is 0 Å². The fourth-order valence-corrected chi connectivity index (χ4v) is 1.38. The van der Waals surface area contributed by atoms with Crippen molar-refractivity contribution in [3.05, 3.63) is 28.5 Å². The highest BCUT2D eigenvalue weighted by atomic mass is 79.9. The third-order valence-electron chi connectivity index (χ3n) is 1.22. The maximum absolute atomic E-state index is 9.32. The van der Waals surface area contributed by atoms with Crippen LogP contribution >= 0.6 is 31.9 Å². The SMILES string of the molecule is OC(CBr)c1cccc(Br)n1. The van der Waals surface area contributed by atoms with E-state index >= 15 is 0 Å². The Balaban J connectivity index is 2.86. The summed E-state index contributed by atoms with van der Waals surface area (Å²) < 4.78 is 0.745. The quantitative estimate of drug-likeness (QED) is 0.666. The zero-order chi connectivity index (χ0) is 8.27. The van der Waals surface area contributed by atoms with E-state index in [-0.39, 0.29) is 0 Å². The van der Waals surface area contributed by atoms with Crippen molar-refractivity contribution in [3.63, 3.8) is 0 Å². The molecule has 0 saturated heterocycles. The van der Waals surface area contributed by atoms with Gasteiger partial charge in [0.15, 0.2) is 0 Å². The smallest absolute Gasteiger partial charge is 0.106 e. The lowest BCUT2D eigenvalue weighted by Gasteiger charge is -2.04. The molecule has 1 unspecified atom stereocenters. The Bertz CT molecular complexity index is 242. The first-order valence-corrected chi connectivity index (χ1v) is 5.02. The van der Waals surface area contributed by atoms with E-state index in [1.165, 1.54) is 0 Å². The topological polar surface area (TPSA) is 33.1 Å². The third-order valence-corrected chi connectivity index (χ3v) is 2.28. The first-order valence-electron chi connectivity index (χ1n) is 3.10. The molecule has 1 atom stereocenters. The predicted octanol–water partition coefficient (Wildman–Crippen LogP) is 2.27. The van der Waals surface area contributed by atoms with E-state index in [0.717, 1.165) is 4.60 Å². The third kappa shape index (κ3) is 2.54. The Hall–Kier alpha value is 0.0700. The van der Waals surface area contributed by atoms with Crippen LogP contribution in [0.25, 0.3) is 0 Å². The van der Waals surface area contributed by atoms with Crippen LogP contribution in [0.2, 0.25) is 0 Å². The number of pyridine rings is 1. The molecule has 4 heteroatoms. The molecular formula is C7H7Br2NO. The molecule has 0 spiro atoms. The molecule has 0 saturated carbocycles.